The van der Waals surface area contributed by atoms with Crippen LogP contribution in [-0.4, -0.2) is 20.1 Å². The fraction of sp³-hybridized carbons (Fsp3) is 0. The molecule has 3 heterocycles. The molecule has 0 saturated carbocycles. The van der Waals surface area contributed by atoms with Crippen molar-refractivity contribution in [2.45, 2.75) is 0 Å². The number of hydrogen-bond donors (Lipinski definition) is 1. The van der Waals surface area contributed by atoms with E-state index in [-0.39, 0.29) is 5.89 Å². The molecule has 0 saturated heterocycles. The molecule has 8 heteroatoms. The molecule has 2 N–H and O–H groups in total. The van der Waals surface area contributed by atoms with Crippen LogP contribution >= 0.6 is 31.9 Å². The number of rotatable bonds is 2. The monoisotopic (exact) mass is 395 g/mol. The van der Waals surface area contributed by atoms with Gasteiger partial charge in [-0.25, -0.2) is 4.98 Å². The molecule has 0 atom stereocenters. The van der Waals surface area contributed by atoms with E-state index in [2.05, 4.69) is 52.0 Å². The summed E-state index contributed by atoms with van der Waals surface area (Å²) in [5, 5.41) is 3.90. The van der Waals surface area contributed by atoms with E-state index < -0.39 is 0 Å². The van der Waals surface area contributed by atoms with E-state index in [4.69, 9.17) is 10.3 Å². The summed E-state index contributed by atoms with van der Waals surface area (Å²) < 4.78 is 6.81. The zero-order chi connectivity index (χ0) is 14.1. The van der Waals surface area contributed by atoms with Gasteiger partial charge in [0, 0.05) is 21.3 Å². The quantitative estimate of drug-likeness (QED) is 0.714. The van der Waals surface area contributed by atoms with E-state index >= 15 is 0 Å². The molecule has 6 nitrogen and oxygen atoms in total. The van der Waals surface area contributed by atoms with Crippen molar-refractivity contribution in [1.29, 1.82) is 0 Å². The molecular formula is C12H7Br2N5O. The molecule has 3 aromatic heterocycles. The Morgan fingerprint density at radius 2 is 2.00 bits per heavy atom. The van der Waals surface area contributed by atoms with Gasteiger partial charge in [0.2, 0.25) is 5.82 Å². The maximum Gasteiger partial charge on any atom is 0.279 e. The summed E-state index contributed by atoms with van der Waals surface area (Å²) in [5.74, 6) is 0.624. The average molecular weight is 397 g/mol. The number of nitrogen functional groups attached to an aromatic ring is 1. The molecular weight excluding hydrogens is 390 g/mol. The number of halogens is 2. The molecule has 0 aliphatic carbocycles. The number of aromatic nitrogens is 4. The Labute approximate surface area is 130 Å². The van der Waals surface area contributed by atoms with Crippen LogP contribution in [0.5, 0.6) is 0 Å². The number of anilines is 1. The van der Waals surface area contributed by atoms with Crippen molar-refractivity contribution in [3.8, 4) is 23.1 Å². The summed E-state index contributed by atoms with van der Waals surface area (Å²) in [5.41, 5.74) is 7.35. The second-order valence-electron chi connectivity index (χ2n) is 3.85. The first kappa shape index (κ1) is 13.2. The zero-order valence-electron chi connectivity index (χ0n) is 9.92. The first-order valence-electron chi connectivity index (χ1n) is 5.51. The van der Waals surface area contributed by atoms with Crippen molar-refractivity contribution < 1.29 is 4.52 Å². The minimum Gasteiger partial charge on any atom is -0.397 e. The molecule has 0 radical (unpaired) electrons. The lowest BCUT2D eigenvalue weighted by molar-refractivity contribution is 0.431. The molecule has 3 rings (SSSR count). The predicted molar refractivity (Wildman–Crippen MR) is 80.6 cm³/mol. The van der Waals surface area contributed by atoms with Crippen LogP contribution in [0.2, 0.25) is 0 Å². The van der Waals surface area contributed by atoms with Gasteiger partial charge in [-0.05, 0) is 50.1 Å². The zero-order valence-corrected chi connectivity index (χ0v) is 13.1. The summed E-state index contributed by atoms with van der Waals surface area (Å²) in [6.07, 6.45) is 3.27. The van der Waals surface area contributed by atoms with Crippen molar-refractivity contribution in [2.75, 3.05) is 5.73 Å². The first-order valence-corrected chi connectivity index (χ1v) is 7.10. The lowest BCUT2D eigenvalue weighted by Crippen LogP contribution is -1.93. The smallest absolute Gasteiger partial charge is 0.279 e. The molecule has 0 bridgehead atoms. The minimum absolute atomic E-state index is 0.259. The summed E-state index contributed by atoms with van der Waals surface area (Å²) in [7, 11) is 0. The van der Waals surface area contributed by atoms with Crippen LogP contribution in [0.15, 0.2) is 44.1 Å². The third-order valence-electron chi connectivity index (χ3n) is 2.49. The van der Waals surface area contributed by atoms with Crippen molar-refractivity contribution >= 4 is 37.5 Å². The van der Waals surface area contributed by atoms with Gasteiger partial charge >= 0.3 is 0 Å². The molecule has 0 aliphatic heterocycles. The molecule has 0 aliphatic rings. The van der Waals surface area contributed by atoms with Gasteiger partial charge in [0.05, 0.1) is 5.69 Å². The average Bonchev–Trinajstić information content (AvgIpc) is 2.88. The second kappa shape index (κ2) is 5.29. The van der Waals surface area contributed by atoms with E-state index in [0.29, 0.717) is 22.9 Å². The predicted octanol–water partition coefficient (Wildman–Crippen LogP) is 3.30. The third kappa shape index (κ3) is 2.44. The van der Waals surface area contributed by atoms with Gasteiger partial charge in [0.15, 0.2) is 5.69 Å². The molecule has 3 aromatic rings. The van der Waals surface area contributed by atoms with Crippen LogP contribution in [0, 0.1) is 0 Å². The Bertz CT molecular complexity index is 774. The molecule has 0 unspecified atom stereocenters. The molecule has 100 valence electrons. The second-order valence-corrected chi connectivity index (χ2v) is 5.62. The van der Waals surface area contributed by atoms with E-state index in [1.807, 2.05) is 6.07 Å². The van der Waals surface area contributed by atoms with Crippen LogP contribution in [0.3, 0.4) is 0 Å². The van der Waals surface area contributed by atoms with Crippen molar-refractivity contribution in [2.24, 2.45) is 0 Å². The maximum absolute atomic E-state index is 5.83. The van der Waals surface area contributed by atoms with Crippen molar-refractivity contribution in [1.82, 2.24) is 20.1 Å². The molecule has 20 heavy (non-hydrogen) atoms. The van der Waals surface area contributed by atoms with Crippen molar-refractivity contribution in [3.63, 3.8) is 0 Å². The van der Waals surface area contributed by atoms with E-state index in [0.717, 1.165) is 8.95 Å². The Hall–Kier alpha value is -1.80. The highest BCUT2D eigenvalue weighted by Gasteiger charge is 2.16. The standard InChI is InChI=1S/C12H7Br2N5O/c13-6-4-7(14)9(17-5-6)11-18-12(20-19-11)10-8(15)2-1-3-16-10/h1-5H,15H2. The highest BCUT2D eigenvalue weighted by molar-refractivity contribution is 9.11. The van der Waals surface area contributed by atoms with Crippen LogP contribution in [-0.2, 0) is 0 Å². The van der Waals surface area contributed by atoms with E-state index in [1.54, 1.807) is 24.5 Å². The van der Waals surface area contributed by atoms with Gasteiger partial charge in [-0.15, -0.1) is 0 Å². The molecule has 0 amide bonds. The molecule has 0 aromatic carbocycles. The van der Waals surface area contributed by atoms with Crippen LogP contribution in [0.4, 0.5) is 5.69 Å². The molecule has 0 spiro atoms. The SMILES string of the molecule is Nc1cccnc1-c1nc(-c2ncc(Br)cc2Br)no1. The number of nitrogens with zero attached hydrogens (tertiary/aromatic N) is 4. The normalized spacial score (nSPS) is 10.7. The molecule has 0 fully saturated rings. The fourth-order valence-corrected chi connectivity index (χ4v) is 2.76. The van der Waals surface area contributed by atoms with Gasteiger partial charge in [-0.3, -0.25) is 4.98 Å². The topological polar surface area (TPSA) is 90.7 Å². The van der Waals surface area contributed by atoms with Gasteiger partial charge in [0.25, 0.3) is 5.89 Å². The van der Waals surface area contributed by atoms with Gasteiger partial charge < -0.3 is 10.3 Å². The van der Waals surface area contributed by atoms with Gasteiger partial charge in [-0.2, -0.15) is 4.98 Å². The fourth-order valence-electron chi connectivity index (χ4n) is 1.59. The van der Waals surface area contributed by atoms with Crippen LogP contribution < -0.4 is 5.73 Å². The lowest BCUT2D eigenvalue weighted by Gasteiger charge is -1.98. The van der Waals surface area contributed by atoms with Gasteiger partial charge in [-0.1, -0.05) is 5.16 Å². The number of nitrogens with two attached hydrogens (primary N) is 1. The van der Waals surface area contributed by atoms with Crippen molar-refractivity contribution in [3.05, 3.63) is 39.5 Å². The van der Waals surface area contributed by atoms with E-state index in [1.165, 1.54) is 0 Å². The lowest BCUT2D eigenvalue weighted by atomic mass is 10.3. The Kier molecular flexibility index (Phi) is 3.49. The maximum atomic E-state index is 5.83. The van der Waals surface area contributed by atoms with Crippen LogP contribution in [0.25, 0.3) is 23.1 Å². The highest BCUT2D eigenvalue weighted by Crippen LogP contribution is 2.29. The number of pyridine rings is 2. The third-order valence-corrected chi connectivity index (χ3v) is 3.53. The minimum atomic E-state index is 0.259. The summed E-state index contributed by atoms with van der Waals surface area (Å²) in [6, 6.07) is 5.32. The summed E-state index contributed by atoms with van der Waals surface area (Å²) in [4.78, 5) is 12.7. The highest BCUT2D eigenvalue weighted by atomic mass is 79.9. The van der Waals surface area contributed by atoms with Crippen LogP contribution in [0.1, 0.15) is 0 Å². The van der Waals surface area contributed by atoms with E-state index in [9.17, 15) is 0 Å². The largest absolute Gasteiger partial charge is 0.397 e. The first-order chi connectivity index (χ1) is 9.65. The van der Waals surface area contributed by atoms with Gasteiger partial charge in [0.1, 0.15) is 5.69 Å². The number of hydrogen-bond acceptors (Lipinski definition) is 6. The summed E-state index contributed by atoms with van der Waals surface area (Å²) in [6.45, 7) is 0. The Morgan fingerprint density at radius 1 is 1.15 bits per heavy atom. The Balaban J connectivity index is 2.04. The summed E-state index contributed by atoms with van der Waals surface area (Å²) >= 11 is 6.75. The Morgan fingerprint density at radius 3 is 2.75 bits per heavy atom.